The normalized spacial score (nSPS) is 14.6. The van der Waals surface area contributed by atoms with Crippen LogP contribution in [0, 0.1) is 5.82 Å². The van der Waals surface area contributed by atoms with E-state index in [0.717, 1.165) is 30.6 Å². The number of halogens is 1. The van der Waals surface area contributed by atoms with Crippen molar-refractivity contribution < 1.29 is 4.39 Å². The second-order valence-corrected chi connectivity index (χ2v) is 8.35. The first-order valence-corrected chi connectivity index (χ1v) is 10.8. The minimum Gasteiger partial charge on any atom is -0.300 e. The molecule has 6 nitrogen and oxygen atoms in total. The zero-order chi connectivity index (χ0) is 20.3. The molecule has 0 bridgehead atoms. The lowest BCUT2D eigenvalue weighted by atomic mass is 10.2. The maximum atomic E-state index is 13.9. The zero-order valence-electron chi connectivity index (χ0n) is 16.4. The fourth-order valence-electron chi connectivity index (χ4n) is 3.75. The van der Waals surface area contributed by atoms with Gasteiger partial charge in [0.15, 0.2) is 5.16 Å². The van der Waals surface area contributed by atoms with Crippen LogP contribution in [0.2, 0.25) is 0 Å². The third-order valence-electron chi connectivity index (χ3n) is 5.29. The fraction of sp³-hybridized carbons (Fsp3) is 0.273. The van der Waals surface area contributed by atoms with E-state index in [4.69, 9.17) is 0 Å². The summed E-state index contributed by atoms with van der Waals surface area (Å²) < 4.78 is 16.0. The quantitative estimate of drug-likeness (QED) is 0.437. The highest BCUT2D eigenvalue weighted by Crippen LogP contribution is 2.31. The summed E-state index contributed by atoms with van der Waals surface area (Å²) in [7, 11) is 0. The van der Waals surface area contributed by atoms with Crippen LogP contribution in [0.4, 0.5) is 4.39 Å². The molecule has 1 fully saturated rings. The summed E-state index contributed by atoms with van der Waals surface area (Å²) >= 11 is 1.40. The average Bonchev–Trinajstić information content (AvgIpc) is 3.41. The number of likely N-dealkylation sites (tertiary alicyclic amines) is 1. The van der Waals surface area contributed by atoms with Gasteiger partial charge in [0.25, 0.3) is 0 Å². The Morgan fingerprint density at radius 1 is 0.933 bits per heavy atom. The number of fused-ring (bicyclic) bond motifs is 1. The van der Waals surface area contributed by atoms with Crippen molar-refractivity contribution in [1.29, 1.82) is 0 Å². The Hall–Kier alpha value is -2.84. The maximum absolute atomic E-state index is 13.9. The van der Waals surface area contributed by atoms with E-state index in [1.807, 2.05) is 18.2 Å². The van der Waals surface area contributed by atoms with Gasteiger partial charge in [0.1, 0.15) is 23.0 Å². The van der Waals surface area contributed by atoms with Crippen LogP contribution in [0.25, 0.3) is 10.9 Å². The van der Waals surface area contributed by atoms with Crippen molar-refractivity contribution in [2.75, 3.05) is 13.1 Å². The lowest BCUT2D eigenvalue weighted by molar-refractivity contribution is 0.316. The van der Waals surface area contributed by atoms with Gasteiger partial charge in [-0.15, -0.1) is 10.2 Å². The van der Waals surface area contributed by atoms with Gasteiger partial charge in [-0.2, -0.15) is 0 Å². The van der Waals surface area contributed by atoms with E-state index in [0.29, 0.717) is 22.5 Å². The standard InChI is InChI=1S/C22H21FN6S/c23-17-8-9-19-18(12-17)21(25-15-24-19)30-22-27-26-20(14-28-10-4-5-11-28)29(22)13-16-6-2-1-3-7-16/h1-3,6-9,12,15H,4-5,10-11,13-14H2. The molecular weight excluding hydrogens is 399 g/mol. The largest absolute Gasteiger partial charge is 0.300 e. The van der Waals surface area contributed by atoms with Crippen LogP contribution >= 0.6 is 11.8 Å². The fourth-order valence-corrected chi connectivity index (χ4v) is 4.66. The zero-order valence-corrected chi connectivity index (χ0v) is 17.2. The van der Waals surface area contributed by atoms with Crippen LogP contribution in [-0.4, -0.2) is 42.7 Å². The third-order valence-corrected chi connectivity index (χ3v) is 6.29. The Labute approximate surface area is 178 Å². The van der Waals surface area contributed by atoms with Crippen molar-refractivity contribution in [2.24, 2.45) is 0 Å². The minimum atomic E-state index is -0.306. The second kappa shape index (κ2) is 8.49. The van der Waals surface area contributed by atoms with Crippen LogP contribution in [0.1, 0.15) is 24.2 Å². The predicted octanol–water partition coefficient (Wildman–Crippen LogP) is 4.16. The molecule has 4 aromatic rings. The van der Waals surface area contributed by atoms with Crippen molar-refractivity contribution in [3.8, 4) is 0 Å². The number of benzene rings is 2. The molecule has 8 heteroatoms. The Balaban J connectivity index is 1.51. The molecule has 3 heterocycles. The van der Waals surface area contributed by atoms with Crippen LogP contribution < -0.4 is 0 Å². The lowest BCUT2D eigenvalue weighted by Crippen LogP contribution is -2.21. The molecule has 1 saturated heterocycles. The van der Waals surface area contributed by atoms with Crippen molar-refractivity contribution in [2.45, 2.75) is 36.1 Å². The van der Waals surface area contributed by atoms with Gasteiger partial charge in [0.05, 0.1) is 18.6 Å². The molecule has 152 valence electrons. The Kier molecular flexibility index (Phi) is 5.42. The van der Waals surface area contributed by atoms with Crippen LogP contribution in [0.15, 0.2) is 65.0 Å². The molecule has 1 aliphatic heterocycles. The smallest absolute Gasteiger partial charge is 0.197 e. The highest BCUT2D eigenvalue weighted by atomic mass is 32.2. The monoisotopic (exact) mass is 420 g/mol. The highest BCUT2D eigenvalue weighted by molar-refractivity contribution is 7.99. The predicted molar refractivity (Wildman–Crippen MR) is 114 cm³/mol. The summed E-state index contributed by atoms with van der Waals surface area (Å²) in [6.45, 7) is 3.64. The van der Waals surface area contributed by atoms with Gasteiger partial charge in [0, 0.05) is 5.39 Å². The average molecular weight is 421 g/mol. The SMILES string of the molecule is Fc1ccc2ncnc(Sc3nnc(CN4CCCC4)n3Cc3ccccc3)c2c1. The van der Waals surface area contributed by atoms with Gasteiger partial charge in [-0.05, 0) is 61.5 Å². The molecule has 0 aliphatic carbocycles. The molecule has 2 aromatic heterocycles. The number of nitrogens with zero attached hydrogens (tertiary/aromatic N) is 6. The van der Waals surface area contributed by atoms with E-state index in [1.54, 1.807) is 6.07 Å². The van der Waals surface area contributed by atoms with Gasteiger partial charge in [-0.3, -0.25) is 4.90 Å². The number of hydrogen-bond acceptors (Lipinski definition) is 6. The van der Waals surface area contributed by atoms with Gasteiger partial charge in [-0.25, -0.2) is 14.4 Å². The summed E-state index contributed by atoms with van der Waals surface area (Å²) in [6, 6.07) is 14.8. The van der Waals surface area contributed by atoms with E-state index in [9.17, 15) is 4.39 Å². The van der Waals surface area contributed by atoms with E-state index >= 15 is 0 Å². The molecule has 0 N–H and O–H groups in total. The van der Waals surface area contributed by atoms with E-state index in [2.05, 4.69) is 41.8 Å². The summed E-state index contributed by atoms with van der Waals surface area (Å²) in [5.74, 6) is 0.632. The van der Waals surface area contributed by atoms with Gasteiger partial charge < -0.3 is 4.57 Å². The highest BCUT2D eigenvalue weighted by Gasteiger charge is 2.20. The van der Waals surface area contributed by atoms with Gasteiger partial charge in [0.2, 0.25) is 0 Å². The van der Waals surface area contributed by atoms with Crippen molar-refractivity contribution in [3.05, 3.63) is 72.1 Å². The van der Waals surface area contributed by atoms with E-state index in [1.165, 1.54) is 48.6 Å². The van der Waals surface area contributed by atoms with Crippen LogP contribution in [0.3, 0.4) is 0 Å². The molecule has 2 aromatic carbocycles. The molecule has 0 radical (unpaired) electrons. The summed E-state index contributed by atoms with van der Waals surface area (Å²) in [4.78, 5) is 11.1. The molecule has 30 heavy (non-hydrogen) atoms. The summed E-state index contributed by atoms with van der Waals surface area (Å²) in [6.07, 6.45) is 3.96. The first kappa shape index (κ1) is 19.1. The molecule has 0 atom stereocenters. The first-order valence-electron chi connectivity index (χ1n) is 10.0. The van der Waals surface area contributed by atoms with Crippen LogP contribution in [-0.2, 0) is 13.1 Å². The Bertz CT molecular complexity index is 1160. The van der Waals surface area contributed by atoms with E-state index in [-0.39, 0.29) is 5.82 Å². The Morgan fingerprint density at radius 3 is 2.60 bits per heavy atom. The second-order valence-electron chi connectivity index (χ2n) is 7.40. The van der Waals surface area contributed by atoms with Crippen molar-refractivity contribution in [1.82, 2.24) is 29.6 Å². The lowest BCUT2D eigenvalue weighted by Gasteiger charge is -2.16. The molecule has 1 aliphatic rings. The first-order chi connectivity index (χ1) is 14.8. The molecule has 0 saturated carbocycles. The molecule has 0 amide bonds. The summed E-state index contributed by atoms with van der Waals surface area (Å²) in [5, 5.41) is 11.1. The molecule has 0 spiro atoms. The summed E-state index contributed by atoms with van der Waals surface area (Å²) in [5.41, 5.74) is 1.89. The molecule has 0 unspecified atom stereocenters. The minimum absolute atomic E-state index is 0.306. The third kappa shape index (κ3) is 4.06. The van der Waals surface area contributed by atoms with Crippen LogP contribution in [0.5, 0.6) is 0 Å². The van der Waals surface area contributed by atoms with Gasteiger partial charge >= 0.3 is 0 Å². The van der Waals surface area contributed by atoms with E-state index < -0.39 is 0 Å². The van der Waals surface area contributed by atoms with Gasteiger partial charge in [-0.1, -0.05) is 30.3 Å². The van der Waals surface area contributed by atoms with Crippen molar-refractivity contribution in [3.63, 3.8) is 0 Å². The Morgan fingerprint density at radius 2 is 1.77 bits per heavy atom. The topological polar surface area (TPSA) is 59.7 Å². The molecular formula is C22H21FN6S. The van der Waals surface area contributed by atoms with Crippen molar-refractivity contribution >= 4 is 22.7 Å². The molecule has 5 rings (SSSR count). The number of hydrogen-bond donors (Lipinski definition) is 0. The number of rotatable bonds is 6. The number of aromatic nitrogens is 5. The maximum Gasteiger partial charge on any atom is 0.197 e.